The van der Waals surface area contributed by atoms with Crippen molar-refractivity contribution in [2.45, 2.75) is 38.8 Å². The van der Waals surface area contributed by atoms with Crippen molar-refractivity contribution in [3.8, 4) is 0 Å². The number of rotatable bonds is 6. The summed E-state index contributed by atoms with van der Waals surface area (Å²) in [6, 6.07) is 8.04. The van der Waals surface area contributed by atoms with Crippen molar-refractivity contribution in [2.24, 2.45) is 0 Å². The van der Waals surface area contributed by atoms with Gasteiger partial charge in [0, 0.05) is 51.6 Å². The lowest BCUT2D eigenvalue weighted by Crippen LogP contribution is -2.54. The zero-order valence-electron chi connectivity index (χ0n) is 16.1. The van der Waals surface area contributed by atoms with E-state index in [1.165, 1.54) is 0 Å². The smallest absolute Gasteiger partial charge is 0.317 e. The van der Waals surface area contributed by atoms with Gasteiger partial charge in [-0.25, -0.2) is 4.79 Å². The first-order chi connectivity index (χ1) is 13.2. The number of anilines is 1. The molecule has 148 valence electrons. The molecule has 0 radical (unpaired) electrons. The molecule has 7 nitrogen and oxygen atoms in total. The number of carbonyl (C=O) groups is 2. The zero-order valence-corrected chi connectivity index (χ0v) is 16.1. The highest BCUT2D eigenvalue weighted by atomic mass is 16.5. The van der Waals surface area contributed by atoms with Crippen molar-refractivity contribution < 1.29 is 14.3 Å². The highest BCUT2D eigenvalue weighted by molar-refractivity contribution is 5.81. The summed E-state index contributed by atoms with van der Waals surface area (Å²) in [5.41, 5.74) is 2.16. The Morgan fingerprint density at radius 3 is 2.44 bits per heavy atom. The molecule has 0 saturated carbocycles. The number of nitrogens with zero attached hydrogens (tertiary/aromatic N) is 2. The van der Waals surface area contributed by atoms with E-state index >= 15 is 0 Å². The molecule has 2 aliphatic heterocycles. The third kappa shape index (κ3) is 5.35. The predicted molar refractivity (Wildman–Crippen MR) is 105 cm³/mol. The molecule has 1 unspecified atom stereocenters. The van der Waals surface area contributed by atoms with E-state index < -0.39 is 0 Å². The number of ether oxygens (including phenoxy) is 1. The van der Waals surface area contributed by atoms with E-state index in [0.29, 0.717) is 39.3 Å². The minimum absolute atomic E-state index is 0.0735. The first-order valence-electron chi connectivity index (χ1n) is 9.93. The summed E-state index contributed by atoms with van der Waals surface area (Å²) in [6.45, 7) is 6.53. The fourth-order valence-electron chi connectivity index (χ4n) is 3.41. The van der Waals surface area contributed by atoms with Crippen LogP contribution in [0.15, 0.2) is 24.3 Å². The molecule has 27 heavy (non-hydrogen) atoms. The van der Waals surface area contributed by atoms with Crippen LogP contribution < -0.4 is 10.6 Å². The summed E-state index contributed by atoms with van der Waals surface area (Å²) < 4.78 is 5.47. The van der Waals surface area contributed by atoms with Crippen molar-refractivity contribution >= 4 is 17.6 Å². The van der Waals surface area contributed by atoms with Gasteiger partial charge in [0.05, 0.1) is 0 Å². The number of hydrogen-bond acceptors (Lipinski definition) is 4. The van der Waals surface area contributed by atoms with Gasteiger partial charge in [0.2, 0.25) is 0 Å². The van der Waals surface area contributed by atoms with Crippen LogP contribution in [0.5, 0.6) is 0 Å². The Morgan fingerprint density at radius 2 is 1.81 bits per heavy atom. The molecule has 0 aliphatic carbocycles. The van der Waals surface area contributed by atoms with Gasteiger partial charge in [-0.05, 0) is 37.0 Å². The molecular weight excluding hydrogens is 344 g/mol. The molecular formula is C20H30N4O3. The molecule has 1 atom stereocenters. The average Bonchev–Trinajstić information content (AvgIpc) is 3.25. The van der Waals surface area contributed by atoms with Gasteiger partial charge in [-0.1, -0.05) is 19.1 Å². The van der Waals surface area contributed by atoms with Crippen LogP contribution in [0.3, 0.4) is 0 Å². The third-order valence-electron chi connectivity index (χ3n) is 5.06. The second-order valence-corrected chi connectivity index (χ2v) is 7.10. The molecule has 2 aliphatic rings. The number of amides is 3. The second-order valence-electron chi connectivity index (χ2n) is 7.10. The van der Waals surface area contributed by atoms with E-state index in [4.69, 9.17) is 4.74 Å². The first kappa shape index (κ1) is 19.5. The summed E-state index contributed by atoms with van der Waals surface area (Å²) in [5.74, 6) is 0.0735. The van der Waals surface area contributed by atoms with E-state index in [0.717, 1.165) is 37.1 Å². The normalized spacial score (nSPS) is 19.8. The third-order valence-corrected chi connectivity index (χ3v) is 5.06. The molecule has 1 aromatic carbocycles. The monoisotopic (exact) mass is 374 g/mol. The summed E-state index contributed by atoms with van der Waals surface area (Å²) >= 11 is 0. The number of nitrogens with one attached hydrogen (secondary N) is 2. The fraction of sp³-hybridized carbons (Fsp3) is 0.600. The molecule has 3 rings (SSSR count). The van der Waals surface area contributed by atoms with Gasteiger partial charge in [0.15, 0.2) is 0 Å². The van der Waals surface area contributed by atoms with Crippen LogP contribution >= 0.6 is 0 Å². The highest BCUT2D eigenvalue weighted by Gasteiger charge is 2.31. The molecule has 7 heteroatoms. The molecule has 2 N–H and O–H groups in total. The van der Waals surface area contributed by atoms with Gasteiger partial charge in [-0.2, -0.15) is 0 Å². The average molecular weight is 374 g/mol. The molecule has 2 saturated heterocycles. The zero-order chi connectivity index (χ0) is 19.1. The Morgan fingerprint density at radius 1 is 1.11 bits per heavy atom. The van der Waals surface area contributed by atoms with E-state index in [2.05, 4.69) is 17.6 Å². The van der Waals surface area contributed by atoms with Gasteiger partial charge in [0.25, 0.3) is 5.91 Å². The minimum atomic E-state index is -0.278. The largest absolute Gasteiger partial charge is 0.385 e. The SMILES string of the molecule is CCCNc1ccc(CNC(=O)N2CCN(C(=O)C3CCCO3)CC2)cc1. The fourth-order valence-corrected chi connectivity index (χ4v) is 3.41. The number of piperazine rings is 1. The van der Waals surface area contributed by atoms with Crippen LogP contribution in [0, 0.1) is 0 Å². The van der Waals surface area contributed by atoms with Gasteiger partial charge in [-0.3, -0.25) is 4.79 Å². The first-order valence-corrected chi connectivity index (χ1v) is 9.93. The maximum Gasteiger partial charge on any atom is 0.317 e. The van der Waals surface area contributed by atoms with Crippen LogP contribution in [0.4, 0.5) is 10.5 Å². The second kappa shape index (κ2) is 9.60. The van der Waals surface area contributed by atoms with E-state index in [-0.39, 0.29) is 18.0 Å². The summed E-state index contributed by atoms with van der Waals surface area (Å²) in [4.78, 5) is 28.3. The molecule has 0 bridgehead atoms. The van der Waals surface area contributed by atoms with Crippen LogP contribution in [0.2, 0.25) is 0 Å². The van der Waals surface area contributed by atoms with Gasteiger partial charge in [0.1, 0.15) is 6.10 Å². The Hall–Kier alpha value is -2.28. The molecule has 1 aromatic rings. The predicted octanol–water partition coefficient (Wildman–Crippen LogP) is 2.04. The quantitative estimate of drug-likeness (QED) is 0.799. The number of hydrogen-bond donors (Lipinski definition) is 2. The lowest BCUT2D eigenvalue weighted by Gasteiger charge is -2.35. The topological polar surface area (TPSA) is 73.9 Å². The maximum atomic E-state index is 12.4. The Kier molecular flexibility index (Phi) is 6.92. The minimum Gasteiger partial charge on any atom is -0.385 e. The van der Waals surface area contributed by atoms with E-state index in [1.54, 1.807) is 4.90 Å². The number of benzene rings is 1. The Bertz CT molecular complexity index is 621. The summed E-state index contributed by atoms with van der Waals surface area (Å²) in [5, 5.41) is 6.30. The summed E-state index contributed by atoms with van der Waals surface area (Å²) in [6.07, 6.45) is 2.57. The van der Waals surface area contributed by atoms with E-state index in [9.17, 15) is 9.59 Å². The van der Waals surface area contributed by atoms with Crippen molar-refractivity contribution in [3.05, 3.63) is 29.8 Å². The lowest BCUT2D eigenvalue weighted by atomic mass is 10.2. The Balaban J connectivity index is 1.39. The van der Waals surface area contributed by atoms with Crippen LogP contribution in [0.1, 0.15) is 31.7 Å². The molecule has 3 amide bonds. The van der Waals surface area contributed by atoms with Crippen molar-refractivity contribution in [2.75, 3.05) is 44.6 Å². The lowest BCUT2D eigenvalue weighted by molar-refractivity contribution is -0.142. The van der Waals surface area contributed by atoms with Crippen molar-refractivity contribution in [3.63, 3.8) is 0 Å². The van der Waals surface area contributed by atoms with Gasteiger partial charge < -0.3 is 25.2 Å². The Labute approximate surface area is 161 Å². The van der Waals surface area contributed by atoms with Crippen LogP contribution in [-0.4, -0.2) is 67.2 Å². The van der Waals surface area contributed by atoms with Crippen LogP contribution in [0.25, 0.3) is 0 Å². The van der Waals surface area contributed by atoms with Crippen LogP contribution in [-0.2, 0) is 16.1 Å². The number of carbonyl (C=O) groups excluding carboxylic acids is 2. The van der Waals surface area contributed by atoms with E-state index in [1.807, 2.05) is 29.2 Å². The standard InChI is InChI=1S/C20H30N4O3/c1-2-9-21-17-7-5-16(6-8-17)15-22-20(26)24-12-10-23(11-13-24)19(25)18-4-3-14-27-18/h5-8,18,21H,2-4,9-15H2,1H3,(H,22,26). The van der Waals surface area contributed by atoms with Gasteiger partial charge >= 0.3 is 6.03 Å². The molecule has 2 fully saturated rings. The number of urea groups is 1. The molecule has 0 spiro atoms. The highest BCUT2D eigenvalue weighted by Crippen LogP contribution is 2.16. The van der Waals surface area contributed by atoms with Gasteiger partial charge in [-0.15, -0.1) is 0 Å². The van der Waals surface area contributed by atoms with Crippen molar-refractivity contribution in [1.82, 2.24) is 15.1 Å². The molecule has 2 heterocycles. The maximum absolute atomic E-state index is 12.4. The molecule has 0 aromatic heterocycles. The van der Waals surface area contributed by atoms with Crippen molar-refractivity contribution in [1.29, 1.82) is 0 Å². The summed E-state index contributed by atoms with van der Waals surface area (Å²) in [7, 11) is 0.